The van der Waals surface area contributed by atoms with E-state index in [0.717, 1.165) is 23.3 Å². The minimum atomic E-state index is -4.33. The molecular weight excluding hydrogens is 323 g/mol. The van der Waals surface area contributed by atoms with E-state index in [0.29, 0.717) is 33.8 Å². The molecule has 0 aliphatic carbocycles. The van der Waals surface area contributed by atoms with E-state index in [-0.39, 0.29) is 0 Å². The second kappa shape index (κ2) is 5.63. The third kappa shape index (κ3) is 2.85. The number of pyridine rings is 1. The van der Waals surface area contributed by atoms with Crippen LogP contribution in [0.15, 0.2) is 18.3 Å². The maximum absolute atomic E-state index is 13.1. The third-order valence-electron chi connectivity index (χ3n) is 3.66. The Hall–Kier alpha value is -1.89. The second-order valence-electron chi connectivity index (χ2n) is 5.56. The Labute approximate surface area is 135 Å². The van der Waals surface area contributed by atoms with Gasteiger partial charge in [-0.2, -0.15) is 13.2 Å². The smallest absolute Gasteiger partial charge is 0.311 e. The van der Waals surface area contributed by atoms with Gasteiger partial charge in [0, 0.05) is 13.2 Å². The van der Waals surface area contributed by atoms with E-state index in [1.807, 2.05) is 19.9 Å². The lowest BCUT2D eigenvalue weighted by Gasteiger charge is -2.03. The first-order chi connectivity index (χ1) is 10.8. The molecule has 0 saturated carbocycles. The number of halogens is 3. The fraction of sp³-hybridized carbons (Fsp3) is 0.375. The van der Waals surface area contributed by atoms with E-state index < -0.39 is 11.1 Å². The summed E-state index contributed by atoms with van der Waals surface area (Å²) in [6.07, 6.45) is -1.22. The van der Waals surface area contributed by atoms with Crippen molar-refractivity contribution in [2.24, 2.45) is 7.05 Å². The van der Waals surface area contributed by atoms with E-state index in [1.165, 1.54) is 6.07 Å². The number of aromatic nitrogens is 3. The molecule has 3 heterocycles. The second-order valence-corrected chi connectivity index (χ2v) is 6.61. The largest absolute Gasteiger partial charge is 0.425 e. The number of alkyl halides is 3. The summed E-state index contributed by atoms with van der Waals surface area (Å²) >= 11 is 0.757. The van der Waals surface area contributed by atoms with Crippen molar-refractivity contribution in [2.75, 3.05) is 0 Å². The maximum atomic E-state index is 13.1. The Morgan fingerprint density at radius 3 is 2.65 bits per heavy atom. The van der Waals surface area contributed by atoms with Crippen LogP contribution in [0, 0.1) is 6.92 Å². The molecule has 0 bridgehead atoms. The molecule has 0 N–H and O–H groups in total. The standard InChI is InChI=1S/C16H16F3N3S/c1-4-5-10-7-12(16(17,18)19)23-13(10)15-21-11-6-9(2)8-20-14(11)22(15)3/h6-8H,4-5H2,1-3H3. The molecular formula is C16H16F3N3S. The van der Waals surface area contributed by atoms with Crippen molar-refractivity contribution in [3.8, 4) is 10.7 Å². The zero-order valence-corrected chi connectivity index (χ0v) is 13.8. The lowest BCUT2D eigenvalue weighted by atomic mass is 10.1. The van der Waals surface area contributed by atoms with E-state index in [4.69, 9.17) is 0 Å². The van der Waals surface area contributed by atoms with Crippen molar-refractivity contribution in [3.05, 3.63) is 34.3 Å². The van der Waals surface area contributed by atoms with Crippen molar-refractivity contribution in [3.63, 3.8) is 0 Å². The summed E-state index contributed by atoms with van der Waals surface area (Å²) in [4.78, 5) is 8.87. The Morgan fingerprint density at radius 1 is 1.26 bits per heavy atom. The predicted molar refractivity (Wildman–Crippen MR) is 85.6 cm³/mol. The topological polar surface area (TPSA) is 30.7 Å². The molecule has 0 aliphatic heterocycles. The first-order valence-electron chi connectivity index (χ1n) is 7.30. The van der Waals surface area contributed by atoms with Crippen LogP contribution in [0.3, 0.4) is 0 Å². The molecule has 0 radical (unpaired) electrons. The summed E-state index contributed by atoms with van der Waals surface area (Å²) < 4.78 is 41.0. The van der Waals surface area contributed by atoms with E-state index >= 15 is 0 Å². The summed E-state index contributed by atoms with van der Waals surface area (Å²) in [5.41, 5.74) is 3.04. The molecule has 23 heavy (non-hydrogen) atoms. The van der Waals surface area contributed by atoms with Crippen LogP contribution >= 0.6 is 11.3 Å². The molecule has 3 aromatic heterocycles. The van der Waals surface area contributed by atoms with E-state index in [1.54, 1.807) is 17.8 Å². The first-order valence-corrected chi connectivity index (χ1v) is 8.12. The molecule has 0 fully saturated rings. The molecule has 0 spiro atoms. The maximum Gasteiger partial charge on any atom is 0.425 e. The minimum absolute atomic E-state index is 0.544. The van der Waals surface area contributed by atoms with Gasteiger partial charge in [0.1, 0.15) is 10.4 Å². The van der Waals surface area contributed by atoms with Crippen molar-refractivity contribution in [1.29, 1.82) is 0 Å². The summed E-state index contributed by atoms with van der Waals surface area (Å²) in [5.74, 6) is 0.544. The van der Waals surface area contributed by atoms with Gasteiger partial charge in [-0.3, -0.25) is 0 Å². The fourth-order valence-electron chi connectivity index (χ4n) is 2.59. The molecule has 3 aromatic rings. The molecule has 7 heteroatoms. The highest BCUT2D eigenvalue weighted by Gasteiger charge is 2.34. The van der Waals surface area contributed by atoms with Gasteiger partial charge in [-0.15, -0.1) is 11.3 Å². The van der Waals surface area contributed by atoms with Crippen LogP contribution in [0.5, 0.6) is 0 Å². The fourth-order valence-corrected chi connectivity index (χ4v) is 3.70. The third-order valence-corrected chi connectivity index (χ3v) is 4.87. The average molecular weight is 339 g/mol. The van der Waals surface area contributed by atoms with Crippen LogP contribution in [0.4, 0.5) is 13.2 Å². The number of rotatable bonds is 3. The van der Waals surface area contributed by atoms with Crippen LogP contribution < -0.4 is 0 Å². The Morgan fingerprint density at radius 2 is 2.00 bits per heavy atom. The van der Waals surface area contributed by atoms with Crippen molar-refractivity contribution >= 4 is 22.5 Å². The van der Waals surface area contributed by atoms with Crippen molar-refractivity contribution in [2.45, 2.75) is 32.9 Å². The number of nitrogens with zero attached hydrogens (tertiary/aromatic N) is 3. The van der Waals surface area contributed by atoms with Gasteiger partial charge < -0.3 is 4.57 Å². The quantitative estimate of drug-likeness (QED) is 0.674. The molecule has 0 atom stereocenters. The van der Waals surface area contributed by atoms with Crippen molar-refractivity contribution in [1.82, 2.24) is 14.5 Å². The zero-order chi connectivity index (χ0) is 16.8. The van der Waals surface area contributed by atoms with Gasteiger partial charge in [0.2, 0.25) is 0 Å². The molecule has 0 saturated heterocycles. The number of hydrogen-bond donors (Lipinski definition) is 0. The minimum Gasteiger partial charge on any atom is -0.311 e. The predicted octanol–water partition coefficient (Wildman–Crippen LogP) is 4.98. The summed E-state index contributed by atoms with van der Waals surface area (Å²) in [6.45, 7) is 3.87. The van der Waals surface area contributed by atoms with Gasteiger partial charge in [0.05, 0.1) is 4.88 Å². The van der Waals surface area contributed by atoms with Crippen LogP contribution in [0.2, 0.25) is 0 Å². The van der Waals surface area contributed by atoms with E-state index in [9.17, 15) is 13.2 Å². The van der Waals surface area contributed by atoms with E-state index in [2.05, 4.69) is 9.97 Å². The highest BCUT2D eigenvalue weighted by atomic mass is 32.1. The monoisotopic (exact) mass is 339 g/mol. The van der Waals surface area contributed by atoms with Gasteiger partial charge in [0.25, 0.3) is 0 Å². The van der Waals surface area contributed by atoms with Crippen molar-refractivity contribution < 1.29 is 13.2 Å². The molecule has 0 aromatic carbocycles. The van der Waals surface area contributed by atoms with Gasteiger partial charge in [-0.1, -0.05) is 13.3 Å². The van der Waals surface area contributed by atoms with Gasteiger partial charge in [-0.05, 0) is 36.6 Å². The number of thiophene rings is 1. The average Bonchev–Trinajstić information content (AvgIpc) is 3.01. The number of hydrogen-bond acceptors (Lipinski definition) is 3. The zero-order valence-electron chi connectivity index (χ0n) is 13.0. The molecule has 0 aliphatic rings. The van der Waals surface area contributed by atoms with Crippen LogP contribution in [0.25, 0.3) is 21.9 Å². The molecule has 0 amide bonds. The van der Waals surface area contributed by atoms with Crippen LogP contribution in [0.1, 0.15) is 29.3 Å². The summed E-state index contributed by atoms with van der Waals surface area (Å²) in [6, 6.07) is 3.14. The summed E-state index contributed by atoms with van der Waals surface area (Å²) in [5, 5.41) is 0. The van der Waals surface area contributed by atoms with Gasteiger partial charge >= 0.3 is 6.18 Å². The number of aryl methyl sites for hydroxylation is 3. The Balaban J connectivity index is 2.21. The molecule has 122 valence electrons. The SMILES string of the molecule is CCCc1cc(C(F)(F)F)sc1-c1nc2cc(C)cnc2n1C. The van der Waals surface area contributed by atoms with Gasteiger partial charge in [-0.25, -0.2) is 9.97 Å². The van der Waals surface area contributed by atoms with Crippen LogP contribution in [-0.4, -0.2) is 14.5 Å². The lowest BCUT2D eigenvalue weighted by molar-refractivity contribution is -0.134. The highest BCUT2D eigenvalue weighted by molar-refractivity contribution is 7.15. The molecule has 3 nitrogen and oxygen atoms in total. The Bertz CT molecular complexity index is 861. The Kier molecular flexibility index (Phi) is 3.91. The number of fused-ring (bicyclic) bond motifs is 1. The lowest BCUT2D eigenvalue weighted by Crippen LogP contribution is -2.00. The van der Waals surface area contributed by atoms with Gasteiger partial charge in [0.15, 0.2) is 11.5 Å². The van der Waals surface area contributed by atoms with Crippen LogP contribution in [-0.2, 0) is 19.6 Å². The highest BCUT2D eigenvalue weighted by Crippen LogP contribution is 2.41. The molecule has 3 rings (SSSR count). The molecule has 0 unspecified atom stereocenters. The number of imidazole rings is 1. The first kappa shape index (κ1) is 16.0. The summed E-state index contributed by atoms with van der Waals surface area (Å²) in [7, 11) is 1.79. The normalized spacial score (nSPS) is 12.3.